The van der Waals surface area contributed by atoms with E-state index in [4.69, 9.17) is 5.26 Å². The Morgan fingerprint density at radius 1 is 1.43 bits per heavy atom. The zero-order valence-electron chi connectivity index (χ0n) is 11.1. The topological polar surface area (TPSA) is 90.4 Å². The molecule has 0 bridgehead atoms. The van der Waals surface area contributed by atoms with Crippen LogP contribution in [0, 0.1) is 21.4 Å². The van der Waals surface area contributed by atoms with Crippen molar-refractivity contribution < 1.29 is 10.0 Å². The molecule has 0 radical (unpaired) electrons. The van der Waals surface area contributed by atoms with E-state index in [1.807, 2.05) is 22.9 Å². The predicted molar refractivity (Wildman–Crippen MR) is 80.3 cm³/mol. The van der Waals surface area contributed by atoms with Crippen molar-refractivity contribution in [2.24, 2.45) is 0 Å². The Hall–Kier alpha value is -2.43. The van der Waals surface area contributed by atoms with Gasteiger partial charge >= 0.3 is 0 Å². The normalized spacial score (nSPS) is 10.1. The molecule has 108 valence electrons. The van der Waals surface area contributed by atoms with Crippen molar-refractivity contribution in [3.63, 3.8) is 0 Å². The Balaban J connectivity index is 2.39. The first-order valence-electron chi connectivity index (χ1n) is 6.21. The van der Waals surface area contributed by atoms with Gasteiger partial charge in [-0.15, -0.1) is 0 Å². The summed E-state index contributed by atoms with van der Waals surface area (Å²) in [6.45, 7) is 0.640. The van der Waals surface area contributed by atoms with Gasteiger partial charge in [-0.05, 0) is 34.5 Å². The van der Waals surface area contributed by atoms with Crippen LogP contribution in [0.25, 0.3) is 0 Å². The van der Waals surface area contributed by atoms with E-state index in [-0.39, 0.29) is 24.4 Å². The van der Waals surface area contributed by atoms with E-state index in [0.29, 0.717) is 12.2 Å². The fourth-order valence-corrected chi connectivity index (χ4v) is 2.67. The summed E-state index contributed by atoms with van der Waals surface area (Å²) in [7, 11) is 0. The van der Waals surface area contributed by atoms with E-state index in [0.717, 1.165) is 5.56 Å². The van der Waals surface area contributed by atoms with Crippen molar-refractivity contribution in [1.82, 2.24) is 0 Å². The van der Waals surface area contributed by atoms with Crippen molar-refractivity contribution in [2.75, 3.05) is 18.1 Å². The van der Waals surface area contributed by atoms with Crippen LogP contribution in [-0.2, 0) is 6.54 Å². The van der Waals surface area contributed by atoms with E-state index >= 15 is 0 Å². The summed E-state index contributed by atoms with van der Waals surface area (Å²) in [5.74, 6) is 0. The van der Waals surface area contributed by atoms with Gasteiger partial charge in [0.2, 0.25) is 0 Å². The maximum atomic E-state index is 11.2. The summed E-state index contributed by atoms with van der Waals surface area (Å²) >= 11 is 1.55. The van der Waals surface area contributed by atoms with Gasteiger partial charge in [-0.1, -0.05) is 0 Å². The van der Waals surface area contributed by atoms with Crippen LogP contribution in [0.15, 0.2) is 35.0 Å². The van der Waals surface area contributed by atoms with E-state index in [1.54, 1.807) is 28.4 Å². The van der Waals surface area contributed by atoms with E-state index in [2.05, 4.69) is 0 Å². The monoisotopic (exact) mass is 303 g/mol. The lowest BCUT2D eigenvalue weighted by Crippen LogP contribution is -2.26. The second kappa shape index (κ2) is 6.83. The van der Waals surface area contributed by atoms with E-state index in [9.17, 15) is 15.2 Å². The lowest BCUT2D eigenvalue weighted by atomic mass is 10.1. The summed E-state index contributed by atoms with van der Waals surface area (Å²) in [6, 6.07) is 8.18. The maximum absolute atomic E-state index is 11.2. The third-order valence-electron chi connectivity index (χ3n) is 2.97. The van der Waals surface area contributed by atoms with Gasteiger partial charge in [-0.25, -0.2) is 0 Å². The fraction of sp³-hybridized carbons (Fsp3) is 0.214. The number of nitriles is 1. The smallest absolute Gasteiger partial charge is 0.293 e. The average molecular weight is 303 g/mol. The van der Waals surface area contributed by atoms with Gasteiger partial charge in [0.1, 0.15) is 5.69 Å². The Kier molecular flexibility index (Phi) is 4.87. The highest BCUT2D eigenvalue weighted by molar-refractivity contribution is 7.07. The quantitative estimate of drug-likeness (QED) is 0.654. The number of benzene rings is 1. The largest absolute Gasteiger partial charge is 0.395 e. The Bertz CT molecular complexity index is 665. The van der Waals surface area contributed by atoms with Crippen molar-refractivity contribution in [3.8, 4) is 6.07 Å². The SMILES string of the molecule is N#Cc1ccc(N(CCO)Cc2ccsc2)c([N+](=O)[O-])c1. The van der Waals surface area contributed by atoms with E-state index < -0.39 is 4.92 Å². The second-order valence-electron chi connectivity index (χ2n) is 4.35. The zero-order chi connectivity index (χ0) is 15.2. The van der Waals surface area contributed by atoms with Gasteiger partial charge in [0.05, 0.1) is 23.2 Å². The molecule has 0 aliphatic heterocycles. The standard InChI is InChI=1S/C14H13N3O3S/c15-8-11-1-2-13(14(7-11)17(19)20)16(4-5-18)9-12-3-6-21-10-12/h1-3,6-7,10,18H,4-5,9H2. The summed E-state index contributed by atoms with van der Waals surface area (Å²) in [6.07, 6.45) is 0. The van der Waals surface area contributed by atoms with Crippen molar-refractivity contribution in [2.45, 2.75) is 6.54 Å². The molecule has 7 heteroatoms. The zero-order valence-corrected chi connectivity index (χ0v) is 11.9. The first-order chi connectivity index (χ1) is 10.2. The highest BCUT2D eigenvalue weighted by atomic mass is 32.1. The highest BCUT2D eigenvalue weighted by Gasteiger charge is 2.20. The predicted octanol–water partition coefficient (Wildman–Crippen LogP) is 2.53. The molecular weight excluding hydrogens is 290 g/mol. The maximum Gasteiger partial charge on any atom is 0.293 e. The number of hydrogen-bond donors (Lipinski definition) is 1. The lowest BCUT2D eigenvalue weighted by Gasteiger charge is -2.23. The summed E-state index contributed by atoms with van der Waals surface area (Å²) in [4.78, 5) is 12.4. The van der Waals surface area contributed by atoms with Crippen LogP contribution >= 0.6 is 11.3 Å². The molecule has 0 aliphatic rings. The molecular formula is C14H13N3O3S. The molecule has 0 fully saturated rings. The molecule has 1 N–H and O–H groups in total. The molecule has 0 aliphatic carbocycles. The minimum atomic E-state index is -0.506. The van der Waals surface area contributed by atoms with Crippen LogP contribution in [0.2, 0.25) is 0 Å². The summed E-state index contributed by atoms with van der Waals surface area (Å²) in [5.41, 5.74) is 1.54. The molecule has 0 spiro atoms. The fourth-order valence-electron chi connectivity index (χ4n) is 2.02. The number of nitrogens with zero attached hydrogens (tertiary/aromatic N) is 3. The van der Waals surface area contributed by atoms with Crippen LogP contribution in [0.5, 0.6) is 0 Å². The van der Waals surface area contributed by atoms with Gasteiger partial charge in [-0.2, -0.15) is 16.6 Å². The molecule has 2 rings (SSSR count). The number of aliphatic hydroxyl groups excluding tert-OH is 1. The van der Waals surface area contributed by atoms with Gasteiger partial charge in [-0.3, -0.25) is 10.1 Å². The third-order valence-corrected chi connectivity index (χ3v) is 3.70. The van der Waals surface area contributed by atoms with E-state index in [1.165, 1.54) is 6.07 Å². The third kappa shape index (κ3) is 3.56. The Morgan fingerprint density at radius 3 is 2.81 bits per heavy atom. The number of aliphatic hydroxyl groups is 1. The number of thiophene rings is 1. The van der Waals surface area contributed by atoms with Crippen LogP contribution in [0.4, 0.5) is 11.4 Å². The second-order valence-corrected chi connectivity index (χ2v) is 5.13. The molecule has 1 aromatic heterocycles. The number of nitro benzene ring substituents is 1. The Labute approximate surface area is 125 Å². The molecule has 6 nitrogen and oxygen atoms in total. The highest BCUT2D eigenvalue weighted by Crippen LogP contribution is 2.30. The van der Waals surface area contributed by atoms with Crippen LogP contribution in [0.1, 0.15) is 11.1 Å². The van der Waals surface area contributed by atoms with Crippen LogP contribution in [0.3, 0.4) is 0 Å². The molecule has 0 saturated carbocycles. The first kappa shape index (κ1) is 15.0. The number of nitro groups is 1. The summed E-state index contributed by atoms with van der Waals surface area (Å²) < 4.78 is 0. The van der Waals surface area contributed by atoms with Crippen molar-refractivity contribution in [1.29, 1.82) is 5.26 Å². The number of rotatable bonds is 6. The molecule has 0 saturated heterocycles. The molecule has 2 aromatic rings. The first-order valence-corrected chi connectivity index (χ1v) is 7.15. The van der Waals surface area contributed by atoms with Crippen LogP contribution < -0.4 is 4.90 Å². The van der Waals surface area contributed by atoms with Gasteiger partial charge in [0.15, 0.2) is 0 Å². The average Bonchev–Trinajstić information content (AvgIpc) is 2.99. The lowest BCUT2D eigenvalue weighted by molar-refractivity contribution is -0.384. The number of hydrogen-bond acceptors (Lipinski definition) is 6. The minimum absolute atomic E-state index is 0.110. The van der Waals surface area contributed by atoms with Crippen molar-refractivity contribution in [3.05, 3.63) is 56.3 Å². The molecule has 21 heavy (non-hydrogen) atoms. The molecule has 0 unspecified atom stereocenters. The molecule has 0 amide bonds. The Morgan fingerprint density at radius 2 is 2.24 bits per heavy atom. The van der Waals surface area contributed by atoms with Crippen LogP contribution in [-0.4, -0.2) is 23.2 Å². The minimum Gasteiger partial charge on any atom is -0.395 e. The molecule has 1 heterocycles. The van der Waals surface area contributed by atoms with Gasteiger partial charge in [0, 0.05) is 19.2 Å². The molecule has 1 aromatic carbocycles. The van der Waals surface area contributed by atoms with Crippen molar-refractivity contribution >= 4 is 22.7 Å². The summed E-state index contributed by atoms with van der Waals surface area (Å²) in [5, 5.41) is 33.2. The molecule has 0 atom stereocenters. The number of anilines is 1. The van der Waals surface area contributed by atoms with Gasteiger partial charge < -0.3 is 10.0 Å². The van der Waals surface area contributed by atoms with Gasteiger partial charge in [0.25, 0.3) is 5.69 Å².